The fourth-order valence-electron chi connectivity index (χ4n) is 4.01. The Morgan fingerprint density at radius 3 is 2.66 bits per heavy atom. The van der Waals surface area contributed by atoms with Crippen LogP contribution < -0.4 is 14.8 Å². The number of aromatic nitrogens is 4. The zero-order chi connectivity index (χ0) is 20.4. The molecule has 1 saturated carbocycles. The van der Waals surface area contributed by atoms with Gasteiger partial charge in [0.05, 0.1) is 37.4 Å². The van der Waals surface area contributed by atoms with E-state index in [0.29, 0.717) is 6.54 Å². The summed E-state index contributed by atoms with van der Waals surface area (Å²) in [5.41, 5.74) is 2.74. The van der Waals surface area contributed by atoms with Crippen molar-refractivity contribution in [1.82, 2.24) is 19.7 Å². The summed E-state index contributed by atoms with van der Waals surface area (Å²) in [7, 11) is 3.29. The molecule has 0 atom stereocenters. The van der Waals surface area contributed by atoms with Crippen LogP contribution in [-0.4, -0.2) is 45.2 Å². The first-order valence-corrected chi connectivity index (χ1v) is 9.93. The average molecular weight is 397 g/mol. The maximum absolute atomic E-state index is 9.81. The number of hydrogen-bond acceptors (Lipinski definition) is 7. The summed E-state index contributed by atoms with van der Waals surface area (Å²) >= 11 is 0. The Morgan fingerprint density at radius 1 is 1.14 bits per heavy atom. The first-order valence-electron chi connectivity index (χ1n) is 9.93. The van der Waals surface area contributed by atoms with Crippen LogP contribution in [-0.2, 0) is 6.54 Å². The van der Waals surface area contributed by atoms with Crippen LogP contribution in [0.3, 0.4) is 0 Å². The van der Waals surface area contributed by atoms with Gasteiger partial charge in [0.2, 0.25) is 0 Å². The summed E-state index contributed by atoms with van der Waals surface area (Å²) in [6.07, 6.45) is 4.81. The highest BCUT2D eigenvalue weighted by Gasteiger charge is 2.25. The Balaban J connectivity index is 1.60. The van der Waals surface area contributed by atoms with Crippen molar-refractivity contribution in [2.45, 2.75) is 51.3 Å². The maximum atomic E-state index is 9.81. The number of hydrogen-bond donors (Lipinski definition) is 2. The standard InChI is InChI=1S/C21H27N5O3/c1-13-19-20(22-11-14-4-9-17(28-2)10-18(14)29-3)23-12-24-21(19)26(25-13)15-5-7-16(27)8-6-15/h4,9-10,12,15-16,27H,5-8,11H2,1-3H3,(H,22,23,24). The van der Waals surface area contributed by atoms with Crippen molar-refractivity contribution < 1.29 is 14.6 Å². The van der Waals surface area contributed by atoms with Crippen LogP contribution in [0.1, 0.15) is 43.0 Å². The van der Waals surface area contributed by atoms with E-state index in [1.54, 1.807) is 20.5 Å². The molecule has 8 nitrogen and oxygen atoms in total. The van der Waals surface area contributed by atoms with Crippen LogP contribution >= 0.6 is 0 Å². The fraction of sp³-hybridized carbons (Fsp3) is 0.476. The minimum atomic E-state index is -0.194. The molecule has 2 N–H and O–H groups in total. The van der Waals surface area contributed by atoms with E-state index in [4.69, 9.17) is 14.6 Å². The van der Waals surface area contributed by atoms with Crippen LogP contribution in [0.4, 0.5) is 5.82 Å². The van der Waals surface area contributed by atoms with E-state index >= 15 is 0 Å². The zero-order valence-corrected chi connectivity index (χ0v) is 17.1. The van der Waals surface area contributed by atoms with Gasteiger partial charge in [0, 0.05) is 18.2 Å². The number of aliphatic hydroxyl groups is 1. The molecule has 0 unspecified atom stereocenters. The maximum Gasteiger partial charge on any atom is 0.163 e. The molecular formula is C21H27N5O3. The van der Waals surface area contributed by atoms with Gasteiger partial charge in [0.1, 0.15) is 23.6 Å². The molecule has 0 saturated heterocycles. The molecule has 3 aromatic rings. The molecule has 0 radical (unpaired) electrons. The first kappa shape index (κ1) is 19.4. The van der Waals surface area contributed by atoms with Gasteiger partial charge in [-0.2, -0.15) is 5.10 Å². The predicted molar refractivity (Wildman–Crippen MR) is 110 cm³/mol. The van der Waals surface area contributed by atoms with E-state index in [1.165, 1.54) is 0 Å². The Hall–Kier alpha value is -2.87. The Bertz CT molecular complexity index is 995. The summed E-state index contributed by atoms with van der Waals surface area (Å²) in [4.78, 5) is 8.98. The minimum absolute atomic E-state index is 0.194. The van der Waals surface area contributed by atoms with Gasteiger partial charge in [0.25, 0.3) is 0 Å². The molecule has 1 fully saturated rings. The summed E-state index contributed by atoms with van der Waals surface area (Å²) in [5, 5.41) is 18.9. The fourth-order valence-corrected chi connectivity index (χ4v) is 4.01. The summed E-state index contributed by atoms with van der Waals surface area (Å²) in [6.45, 7) is 2.54. The quantitative estimate of drug-likeness (QED) is 0.659. The second-order valence-electron chi connectivity index (χ2n) is 7.44. The lowest BCUT2D eigenvalue weighted by Gasteiger charge is -2.25. The van der Waals surface area contributed by atoms with E-state index in [0.717, 1.165) is 65.3 Å². The topological polar surface area (TPSA) is 94.3 Å². The highest BCUT2D eigenvalue weighted by molar-refractivity contribution is 5.89. The zero-order valence-electron chi connectivity index (χ0n) is 17.1. The number of aryl methyl sites for hydroxylation is 1. The Kier molecular flexibility index (Phi) is 5.53. The van der Waals surface area contributed by atoms with Crippen molar-refractivity contribution in [2.24, 2.45) is 0 Å². The smallest absolute Gasteiger partial charge is 0.163 e. The van der Waals surface area contributed by atoms with Crippen molar-refractivity contribution in [3.8, 4) is 11.5 Å². The SMILES string of the molecule is COc1ccc(CNc2ncnc3c2c(C)nn3C2CCC(O)CC2)c(OC)c1. The van der Waals surface area contributed by atoms with Gasteiger partial charge in [0.15, 0.2) is 5.65 Å². The van der Waals surface area contributed by atoms with Gasteiger partial charge in [-0.3, -0.25) is 0 Å². The lowest BCUT2D eigenvalue weighted by molar-refractivity contribution is 0.109. The number of nitrogens with one attached hydrogen (secondary N) is 1. The van der Waals surface area contributed by atoms with Crippen LogP contribution in [0.5, 0.6) is 11.5 Å². The lowest BCUT2D eigenvalue weighted by Crippen LogP contribution is -2.22. The van der Waals surface area contributed by atoms with Crippen LogP contribution in [0.15, 0.2) is 24.5 Å². The molecule has 1 aliphatic rings. The summed E-state index contributed by atoms with van der Waals surface area (Å²) < 4.78 is 12.8. The van der Waals surface area contributed by atoms with Crippen LogP contribution in [0, 0.1) is 6.92 Å². The van der Waals surface area contributed by atoms with Crippen LogP contribution in [0.25, 0.3) is 11.0 Å². The second kappa shape index (κ2) is 8.24. The molecule has 2 aromatic heterocycles. The molecule has 1 aromatic carbocycles. The second-order valence-corrected chi connectivity index (χ2v) is 7.44. The molecule has 8 heteroatoms. The number of methoxy groups -OCH3 is 2. The molecule has 154 valence electrons. The summed E-state index contributed by atoms with van der Waals surface area (Å²) in [5.74, 6) is 2.27. The highest BCUT2D eigenvalue weighted by Crippen LogP contribution is 2.33. The third-order valence-electron chi connectivity index (χ3n) is 5.62. The molecule has 1 aliphatic carbocycles. The summed E-state index contributed by atoms with van der Waals surface area (Å²) in [6, 6.07) is 6.02. The average Bonchev–Trinajstić information content (AvgIpc) is 3.10. The number of aliphatic hydroxyl groups excluding tert-OH is 1. The molecule has 0 aliphatic heterocycles. The van der Waals surface area contributed by atoms with E-state index in [1.807, 2.05) is 29.8 Å². The molecule has 0 amide bonds. The number of anilines is 1. The number of fused-ring (bicyclic) bond motifs is 1. The van der Waals surface area contributed by atoms with Gasteiger partial charge in [-0.05, 0) is 44.7 Å². The van der Waals surface area contributed by atoms with Gasteiger partial charge in [-0.1, -0.05) is 0 Å². The third kappa shape index (κ3) is 3.85. The lowest BCUT2D eigenvalue weighted by atomic mass is 9.93. The Labute approximate surface area is 169 Å². The van der Waals surface area contributed by atoms with Crippen molar-refractivity contribution >= 4 is 16.9 Å². The molecule has 0 spiro atoms. The van der Waals surface area contributed by atoms with Gasteiger partial charge >= 0.3 is 0 Å². The molecule has 4 rings (SSSR count). The van der Waals surface area contributed by atoms with E-state index in [9.17, 15) is 5.11 Å². The van der Waals surface area contributed by atoms with Crippen LogP contribution in [0.2, 0.25) is 0 Å². The Morgan fingerprint density at radius 2 is 1.93 bits per heavy atom. The van der Waals surface area contributed by atoms with E-state index in [2.05, 4.69) is 15.3 Å². The minimum Gasteiger partial charge on any atom is -0.497 e. The van der Waals surface area contributed by atoms with E-state index in [-0.39, 0.29) is 12.1 Å². The third-order valence-corrected chi connectivity index (χ3v) is 5.62. The number of rotatable bonds is 6. The van der Waals surface area contributed by atoms with Gasteiger partial charge in [-0.15, -0.1) is 0 Å². The monoisotopic (exact) mass is 397 g/mol. The van der Waals surface area contributed by atoms with Crippen molar-refractivity contribution in [3.63, 3.8) is 0 Å². The largest absolute Gasteiger partial charge is 0.497 e. The van der Waals surface area contributed by atoms with E-state index < -0.39 is 0 Å². The number of nitrogens with zero attached hydrogens (tertiary/aromatic N) is 4. The molecule has 2 heterocycles. The molecule has 29 heavy (non-hydrogen) atoms. The van der Waals surface area contributed by atoms with Crippen molar-refractivity contribution in [1.29, 1.82) is 0 Å². The van der Waals surface area contributed by atoms with Gasteiger partial charge < -0.3 is 19.9 Å². The molecular weight excluding hydrogens is 370 g/mol. The predicted octanol–water partition coefficient (Wildman–Crippen LogP) is 3.24. The normalized spacial score (nSPS) is 19.3. The number of benzene rings is 1. The molecule has 0 bridgehead atoms. The first-order chi connectivity index (χ1) is 14.1. The number of ether oxygens (including phenoxy) is 2. The van der Waals surface area contributed by atoms with Gasteiger partial charge in [-0.25, -0.2) is 14.6 Å². The van der Waals surface area contributed by atoms with Crippen molar-refractivity contribution in [2.75, 3.05) is 19.5 Å². The van der Waals surface area contributed by atoms with Crippen molar-refractivity contribution in [3.05, 3.63) is 35.8 Å². The highest BCUT2D eigenvalue weighted by atomic mass is 16.5.